The Kier molecular flexibility index (Phi) is 16.8. The molecule has 18 nitrogen and oxygen atoms in total. The number of guanidine groups is 2. The molecule has 3 N–H and O–H groups in total. The molecule has 2 aliphatic heterocycles. The van der Waals surface area contributed by atoms with Crippen molar-refractivity contribution in [3.63, 3.8) is 0 Å². The number of aromatic nitrogens is 3. The number of aliphatic imine (C=N–C) groups is 2. The molecular formula is C49H65F2N9O9. The van der Waals surface area contributed by atoms with E-state index < -0.39 is 58.4 Å². The van der Waals surface area contributed by atoms with E-state index in [-0.39, 0.29) is 67.4 Å². The number of aliphatic hydroxyl groups excluding tert-OH is 1. The van der Waals surface area contributed by atoms with Crippen molar-refractivity contribution in [3.05, 3.63) is 71.3 Å². The van der Waals surface area contributed by atoms with Gasteiger partial charge in [-0.15, -0.1) is 20.2 Å². The Morgan fingerprint density at radius 2 is 1.00 bits per heavy atom. The number of carbonyl (C=O) groups is 4. The van der Waals surface area contributed by atoms with Gasteiger partial charge >= 0.3 is 24.4 Å². The van der Waals surface area contributed by atoms with E-state index >= 15 is 8.78 Å². The van der Waals surface area contributed by atoms with Crippen LogP contribution in [-0.4, -0.2) is 121 Å². The Labute approximate surface area is 401 Å². The highest BCUT2D eigenvalue weighted by atomic mass is 19.1. The van der Waals surface area contributed by atoms with E-state index in [1.807, 2.05) is 12.2 Å². The summed E-state index contributed by atoms with van der Waals surface area (Å²) in [5, 5.41) is 23.5. The highest BCUT2D eigenvalue weighted by molar-refractivity contribution is 6.00. The van der Waals surface area contributed by atoms with Crippen molar-refractivity contribution in [1.29, 1.82) is 0 Å². The van der Waals surface area contributed by atoms with Gasteiger partial charge in [0.05, 0.1) is 11.1 Å². The monoisotopic (exact) mass is 961 g/mol. The molecule has 0 aliphatic carbocycles. The van der Waals surface area contributed by atoms with Gasteiger partial charge in [-0.2, -0.15) is 0 Å². The molecule has 5 rings (SSSR count). The number of rotatable bonds is 7. The average molecular weight is 962 g/mol. The molecular weight excluding hydrogens is 897 g/mol. The predicted molar refractivity (Wildman–Crippen MR) is 257 cm³/mol. The van der Waals surface area contributed by atoms with Crippen molar-refractivity contribution in [2.24, 2.45) is 9.98 Å². The predicted octanol–water partition coefficient (Wildman–Crippen LogP) is 9.08. The Balaban J connectivity index is 1.35. The average Bonchev–Trinajstić information content (AvgIpc) is 3.62. The Morgan fingerprint density at radius 1 is 0.623 bits per heavy atom. The molecule has 1 aromatic heterocycles. The molecule has 0 saturated carbocycles. The second-order valence-corrected chi connectivity index (χ2v) is 20.4. The summed E-state index contributed by atoms with van der Waals surface area (Å²) in [5.74, 6) is -1.02. The summed E-state index contributed by atoms with van der Waals surface area (Å²) in [6, 6.07) is 9.40. The maximum atomic E-state index is 16.2. The number of amides is 4. The van der Waals surface area contributed by atoms with Crippen molar-refractivity contribution in [2.75, 3.05) is 32.8 Å². The number of aliphatic hydroxyl groups is 1. The summed E-state index contributed by atoms with van der Waals surface area (Å²) < 4.78 is 55.5. The largest absolute Gasteiger partial charge is 0.444 e. The molecule has 3 heterocycles. The fourth-order valence-corrected chi connectivity index (χ4v) is 7.07. The Hall–Kier alpha value is -6.70. The zero-order chi connectivity index (χ0) is 51.1. The van der Waals surface area contributed by atoms with Gasteiger partial charge in [0.1, 0.15) is 34.0 Å². The summed E-state index contributed by atoms with van der Waals surface area (Å²) in [4.78, 5) is 62.2. The van der Waals surface area contributed by atoms with Gasteiger partial charge in [0.2, 0.25) is 11.9 Å². The van der Waals surface area contributed by atoms with Crippen LogP contribution in [0.15, 0.2) is 58.5 Å². The van der Waals surface area contributed by atoms with Crippen molar-refractivity contribution in [3.8, 4) is 22.8 Å². The van der Waals surface area contributed by atoms with E-state index in [0.29, 0.717) is 37.1 Å². The number of nitrogens with zero attached hydrogens (tertiary/aromatic N) is 7. The molecule has 0 bridgehead atoms. The summed E-state index contributed by atoms with van der Waals surface area (Å²) in [6.07, 6.45) is 1.37. The number of alkyl carbamates (subject to hydrolysis) is 2. The van der Waals surface area contributed by atoms with E-state index in [2.05, 4.69) is 30.8 Å². The molecule has 4 amide bonds. The second kappa shape index (κ2) is 21.7. The smallest absolute Gasteiger partial charge is 0.437 e. The number of benzene rings is 2. The topological polar surface area (TPSA) is 211 Å². The van der Waals surface area contributed by atoms with E-state index in [0.717, 1.165) is 11.1 Å². The molecule has 3 aromatic rings. The lowest BCUT2D eigenvalue weighted by Gasteiger charge is -2.30. The van der Waals surface area contributed by atoms with Crippen LogP contribution < -0.4 is 10.6 Å². The minimum atomic E-state index is -0.891. The molecule has 0 radical (unpaired) electrons. The third kappa shape index (κ3) is 15.9. The molecule has 2 aliphatic rings. The van der Waals surface area contributed by atoms with Crippen LogP contribution >= 0.6 is 0 Å². The SMILES string of the molecule is CC(C)(C)OC(=O)/N=C(/NC(=O)OC(C)(C)C)N1CC=C(c2ccc(-c3nnc(-c4ccc(C5=CCN(/C(=N\C(=O)OC(C)(C)C)NC(=O)OC(C)(C)C)CC5)cc4F)n3CCCO)c(F)c2)CC1. The maximum Gasteiger partial charge on any atom is 0.437 e. The Morgan fingerprint density at radius 3 is 1.30 bits per heavy atom. The second-order valence-electron chi connectivity index (χ2n) is 20.4. The number of hydrogen-bond donors (Lipinski definition) is 3. The van der Waals surface area contributed by atoms with E-state index in [1.54, 1.807) is 122 Å². The highest BCUT2D eigenvalue weighted by Gasteiger charge is 2.28. The quantitative estimate of drug-likeness (QED) is 0.115. The molecule has 0 fully saturated rings. The highest BCUT2D eigenvalue weighted by Crippen LogP contribution is 2.33. The van der Waals surface area contributed by atoms with Gasteiger partial charge in [0.15, 0.2) is 11.6 Å². The van der Waals surface area contributed by atoms with Gasteiger partial charge < -0.3 is 38.4 Å². The standard InChI is InChI=1S/C49H65F2N9O9/c1-46(2,3)66-42(62)52-40(53-43(63)67-47(4,5)6)58-23-18-30(19-24-58)32-14-16-34(36(50)28-32)38-56-57-39(60(38)22-13-27-61)35-17-15-33(29-37(35)51)31-20-25-59(26-21-31)41(54-44(64)68-48(7,8)9)55-45(65)69-49(10,11)12/h14-18,20,28-29,61H,13,19,21-27H2,1-12H3,(H,52,53,62,63)(H,54,55,64,65). The first-order valence-corrected chi connectivity index (χ1v) is 22.7. The van der Waals surface area contributed by atoms with Crippen molar-refractivity contribution >= 4 is 47.4 Å². The van der Waals surface area contributed by atoms with Crippen molar-refractivity contribution in [1.82, 2.24) is 35.2 Å². The first-order valence-electron chi connectivity index (χ1n) is 22.7. The van der Waals surface area contributed by atoms with E-state index in [9.17, 15) is 24.3 Å². The fraction of sp³-hybridized carbons (Fsp3) is 0.510. The minimum absolute atomic E-state index is 0.0503. The lowest BCUT2D eigenvalue weighted by atomic mass is 9.97. The molecule has 0 unspecified atom stereocenters. The summed E-state index contributed by atoms with van der Waals surface area (Å²) in [6.45, 7) is 21.5. The van der Waals surface area contributed by atoms with Crippen LogP contribution in [0.2, 0.25) is 0 Å². The summed E-state index contributed by atoms with van der Waals surface area (Å²) in [5.41, 5.74) is -0.206. The van der Waals surface area contributed by atoms with Crippen LogP contribution in [0.25, 0.3) is 33.9 Å². The van der Waals surface area contributed by atoms with Gasteiger partial charge in [-0.3, -0.25) is 10.6 Å². The number of halogens is 2. The van der Waals surface area contributed by atoms with Crippen molar-refractivity contribution in [2.45, 2.75) is 131 Å². The van der Waals surface area contributed by atoms with Gasteiger partial charge in [0.25, 0.3) is 0 Å². The molecule has 20 heteroatoms. The molecule has 2 aromatic carbocycles. The number of hydrogen-bond acceptors (Lipinski definition) is 11. The fourth-order valence-electron chi connectivity index (χ4n) is 7.07. The third-order valence-electron chi connectivity index (χ3n) is 9.88. The molecule has 69 heavy (non-hydrogen) atoms. The zero-order valence-corrected chi connectivity index (χ0v) is 41.6. The molecule has 0 saturated heterocycles. The van der Waals surface area contributed by atoms with E-state index in [4.69, 9.17) is 18.9 Å². The van der Waals surface area contributed by atoms with Crippen LogP contribution in [-0.2, 0) is 25.5 Å². The van der Waals surface area contributed by atoms with Crippen LogP contribution in [0.1, 0.15) is 113 Å². The zero-order valence-electron chi connectivity index (χ0n) is 41.6. The van der Waals surface area contributed by atoms with Gasteiger partial charge in [0, 0.05) is 39.3 Å². The minimum Gasteiger partial charge on any atom is -0.444 e. The number of carbonyl (C=O) groups excluding carboxylic acids is 4. The first kappa shape index (κ1) is 53.3. The molecule has 374 valence electrons. The normalized spacial score (nSPS) is 15.2. The maximum absolute atomic E-state index is 16.2. The van der Waals surface area contributed by atoms with Crippen LogP contribution in [0.5, 0.6) is 0 Å². The molecule has 0 atom stereocenters. The van der Waals surface area contributed by atoms with Gasteiger partial charge in [-0.05, 0) is 149 Å². The first-order chi connectivity index (χ1) is 32.1. The molecule has 0 spiro atoms. The lowest BCUT2D eigenvalue weighted by Crippen LogP contribution is -2.48. The Bertz CT molecular complexity index is 2360. The third-order valence-corrected chi connectivity index (χ3v) is 9.88. The van der Waals surface area contributed by atoms with Gasteiger partial charge in [-0.25, -0.2) is 28.0 Å². The number of ether oxygens (including phenoxy) is 4. The summed E-state index contributed by atoms with van der Waals surface area (Å²) >= 11 is 0. The van der Waals surface area contributed by atoms with Crippen LogP contribution in [0, 0.1) is 11.6 Å². The lowest BCUT2D eigenvalue weighted by molar-refractivity contribution is 0.0536. The van der Waals surface area contributed by atoms with Gasteiger partial charge in [-0.1, -0.05) is 24.3 Å². The summed E-state index contributed by atoms with van der Waals surface area (Å²) in [7, 11) is 0. The van der Waals surface area contributed by atoms with Crippen molar-refractivity contribution < 1.29 is 52.0 Å². The van der Waals surface area contributed by atoms with Crippen LogP contribution in [0.4, 0.5) is 28.0 Å². The van der Waals surface area contributed by atoms with Crippen LogP contribution in [0.3, 0.4) is 0 Å². The van der Waals surface area contributed by atoms with E-state index in [1.165, 1.54) is 12.1 Å². The number of nitrogens with one attached hydrogen (secondary N) is 2.